The van der Waals surface area contributed by atoms with Crippen molar-refractivity contribution < 1.29 is 0 Å². The maximum Gasteiger partial charge on any atom is 0.330 e. The highest BCUT2D eigenvalue weighted by atomic mass is 16.2. The lowest BCUT2D eigenvalue weighted by Crippen LogP contribution is -2.35. The fraction of sp³-hybridized carbons (Fsp3) is 0.250. The molecule has 5 aromatic rings. The third-order valence-corrected chi connectivity index (χ3v) is 5.87. The van der Waals surface area contributed by atoms with E-state index in [0.29, 0.717) is 36.5 Å². The number of tetrazole rings is 1. The summed E-state index contributed by atoms with van der Waals surface area (Å²) in [5.74, 6) is 1.32. The summed E-state index contributed by atoms with van der Waals surface area (Å²) in [6, 6.07) is 16.0. The van der Waals surface area contributed by atoms with Crippen LogP contribution in [0.4, 0.5) is 0 Å². The molecule has 3 aromatic heterocycles. The van der Waals surface area contributed by atoms with Crippen molar-refractivity contribution in [2.45, 2.75) is 39.8 Å². The largest absolute Gasteiger partial charge is 0.330 e. The van der Waals surface area contributed by atoms with Crippen molar-refractivity contribution in [2.75, 3.05) is 0 Å². The van der Waals surface area contributed by atoms with Gasteiger partial charge in [0.25, 0.3) is 5.56 Å². The zero-order valence-electron chi connectivity index (χ0n) is 18.9. The van der Waals surface area contributed by atoms with Crippen LogP contribution in [0.5, 0.6) is 0 Å². The molecule has 0 aliphatic heterocycles. The van der Waals surface area contributed by atoms with Gasteiger partial charge in [0.05, 0.1) is 0 Å². The molecule has 0 aliphatic rings. The van der Waals surface area contributed by atoms with Crippen LogP contribution in [0.2, 0.25) is 0 Å². The molecule has 2 aromatic carbocycles. The zero-order chi connectivity index (χ0) is 23.7. The van der Waals surface area contributed by atoms with Gasteiger partial charge in [0.2, 0.25) is 5.82 Å². The molecule has 0 atom stereocenters. The van der Waals surface area contributed by atoms with Gasteiger partial charge in [-0.3, -0.25) is 14.3 Å². The minimum atomic E-state index is -0.433. The van der Waals surface area contributed by atoms with E-state index in [1.54, 1.807) is 6.92 Å². The lowest BCUT2D eigenvalue weighted by Gasteiger charge is -2.11. The lowest BCUT2D eigenvalue weighted by molar-refractivity contribution is 0.672. The maximum atomic E-state index is 13.1. The Morgan fingerprint density at radius 2 is 1.71 bits per heavy atom. The molecule has 0 aliphatic carbocycles. The second-order valence-corrected chi connectivity index (χ2v) is 8.02. The van der Waals surface area contributed by atoms with E-state index in [9.17, 15) is 9.59 Å². The number of imidazole rings is 1. The first kappa shape index (κ1) is 21.5. The second-order valence-electron chi connectivity index (χ2n) is 8.02. The Morgan fingerprint density at radius 1 is 0.941 bits per heavy atom. The minimum absolute atomic E-state index is 0.298. The number of fused-ring (bicyclic) bond motifs is 1. The van der Waals surface area contributed by atoms with E-state index >= 15 is 0 Å². The number of aromatic amines is 2. The summed E-state index contributed by atoms with van der Waals surface area (Å²) in [5, 5.41) is 14.4. The molecule has 0 saturated carbocycles. The minimum Gasteiger partial charge on any atom is -0.318 e. The molecule has 0 radical (unpaired) electrons. The Morgan fingerprint density at radius 3 is 2.38 bits per heavy atom. The number of H-pyrrole nitrogens is 2. The van der Waals surface area contributed by atoms with Crippen LogP contribution >= 0.6 is 0 Å². The van der Waals surface area contributed by atoms with Gasteiger partial charge in [-0.05, 0) is 35.2 Å². The van der Waals surface area contributed by atoms with Crippen molar-refractivity contribution in [3.63, 3.8) is 0 Å². The third-order valence-electron chi connectivity index (χ3n) is 5.87. The first-order valence-electron chi connectivity index (χ1n) is 11.2. The Bertz CT molecular complexity index is 1560. The Hall–Kier alpha value is -4.34. The molecule has 0 bridgehead atoms. The van der Waals surface area contributed by atoms with E-state index in [0.717, 1.165) is 34.5 Å². The molecule has 10 heteroatoms. The van der Waals surface area contributed by atoms with E-state index in [1.165, 1.54) is 4.57 Å². The highest BCUT2D eigenvalue weighted by Gasteiger charge is 2.17. The molecule has 0 spiro atoms. The summed E-state index contributed by atoms with van der Waals surface area (Å²) in [6.45, 7) is 4.62. The fourth-order valence-corrected chi connectivity index (χ4v) is 4.24. The molecule has 3 heterocycles. The van der Waals surface area contributed by atoms with Gasteiger partial charge in [0.1, 0.15) is 5.82 Å². The van der Waals surface area contributed by atoms with Crippen LogP contribution in [0.25, 0.3) is 33.7 Å². The van der Waals surface area contributed by atoms with Gasteiger partial charge in [0.15, 0.2) is 11.2 Å². The van der Waals surface area contributed by atoms with Crippen LogP contribution in [-0.2, 0) is 19.5 Å². The van der Waals surface area contributed by atoms with Gasteiger partial charge in [-0.1, -0.05) is 55.5 Å². The summed E-state index contributed by atoms with van der Waals surface area (Å²) in [4.78, 5) is 32.6. The van der Waals surface area contributed by atoms with Crippen LogP contribution in [-0.4, -0.2) is 39.7 Å². The van der Waals surface area contributed by atoms with Gasteiger partial charge in [0, 0.05) is 25.1 Å². The summed E-state index contributed by atoms with van der Waals surface area (Å²) in [5.41, 5.74) is 3.94. The molecule has 2 N–H and O–H groups in total. The van der Waals surface area contributed by atoms with Gasteiger partial charge in [-0.15, -0.1) is 10.2 Å². The Balaban J connectivity index is 1.54. The highest BCUT2D eigenvalue weighted by Crippen LogP contribution is 2.30. The van der Waals surface area contributed by atoms with Gasteiger partial charge in [-0.25, -0.2) is 9.78 Å². The average molecular weight is 457 g/mol. The SMILES string of the molecule is CCCc1nc2[nH]c(=O)n(CC)c(=O)c2n1Cc1ccc(-c2ccccc2-c2nn[nH]n2)cc1. The average Bonchev–Trinajstić information content (AvgIpc) is 3.49. The normalized spacial score (nSPS) is 11.4. The van der Waals surface area contributed by atoms with E-state index in [2.05, 4.69) is 37.5 Å². The van der Waals surface area contributed by atoms with Gasteiger partial charge < -0.3 is 4.57 Å². The zero-order valence-corrected chi connectivity index (χ0v) is 18.9. The van der Waals surface area contributed by atoms with Crippen molar-refractivity contribution in [2.24, 2.45) is 0 Å². The van der Waals surface area contributed by atoms with Crippen molar-refractivity contribution >= 4 is 11.2 Å². The van der Waals surface area contributed by atoms with Crippen LogP contribution < -0.4 is 11.2 Å². The van der Waals surface area contributed by atoms with Crippen LogP contribution in [0.3, 0.4) is 0 Å². The van der Waals surface area contributed by atoms with Crippen molar-refractivity contribution in [1.29, 1.82) is 0 Å². The van der Waals surface area contributed by atoms with Crippen LogP contribution in [0.1, 0.15) is 31.7 Å². The molecule has 172 valence electrons. The van der Waals surface area contributed by atoms with E-state index in [-0.39, 0.29) is 5.56 Å². The van der Waals surface area contributed by atoms with Gasteiger partial charge >= 0.3 is 5.69 Å². The Kier molecular flexibility index (Phi) is 5.62. The molecule has 0 fully saturated rings. The van der Waals surface area contributed by atoms with E-state index in [4.69, 9.17) is 0 Å². The number of aromatic nitrogens is 8. The monoisotopic (exact) mass is 456 g/mol. The summed E-state index contributed by atoms with van der Waals surface area (Å²) in [7, 11) is 0. The first-order chi connectivity index (χ1) is 16.6. The molecule has 0 amide bonds. The van der Waals surface area contributed by atoms with Crippen molar-refractivity contribution in [1.82, 2.24) is 39.7 Å². The van der Waals surface area contributed by atoms with E-state index < -0.39 is 5.69 Å². The van der Waals surface area contributed by atoms with Crippen LogP contribution in [0.15, 0.2) is 58.1 Å². The van der Waals surface area contributed by atoms with Crippen molar-refractivity contribution in [3.8, 4) is 22.5 Å². The fourth-order valence-electron chi connectivity index (χ4n) is 4.24. The molecule has 5 rings (SSSR count). The number of nitrogens with zero attached hydrogens (tertiary/aromatic N) is 6. The number of benzene rings is 2. The molecule has 34 heavy (non-hydrogen) atoms. The lowest BCUT2D eigenvalue weighted by atomic mass is 9.98. The van der Waals surface area contributed by atoms with Gasteiger partial charge in [-0.2, -0.15) is 5.21 Å². The van der Waals surface area contributed by atoms with Crippen molar-refractivity contribution in [3.05, 3.63) is 80.8 Å². The second kappa shape index (κ2) is 8.89. The number of nitrogens with one attached hydrogen (secondary N) is 2. The molecular weight excluding hydrogens is 432 g/mol. The maximum absolute atomic E-state index is 13.1. The highest BCUT2D eigenvalue weighted by molar-refractivity contribution is 5.80. The van der Waals surface area contributed by atoms with Crippen LogP contribution in [0, 0.1) is 0 Å². The molecular formula is C24H24N8O2. The number of aryl methyl sites for hydroxylation is 1. The predicted octanol–water partition coefficient (Wildman–Crippen LogP) is 2.75. The summed E-state index contributed by atoms with van der Waals surface area (Å²) < 4.78 is 3.12. The third kappa shape index (κ3) is 3.72. The van der Waals surface area contributed by atoms with E-state index in [1.807, 2.05) is 53.1 Å². The number of hydrogen-bond donors (Lipinski definition) is 2. The molecule has 10 nitrogen and oxygen atoms in total. The first-order valence-corrected chi connectivity index (χ1v) is 11.2. The molecule has 0 unspecified atom stereocenters. The molecule has 0 saturated heterocycles. The number of hydrogen-bond acceptors (Lipinski definition) is 6. The standard InChI is InChI=1S/C24H24N8O2/c1-3-7-19-25-22-20(23(33)31(4-2)24(34)26-22)32(19)14-15-10-12-16(13-11-15)17-8-5-6-9-18(17)21-27-29-30-28-21/h5-6,8-13H,3-4,7,14H2,1-2H3,(H,26,34)(H,27,28,29,30). The Labute approximate surface area is 194 Å². The smallest absolute Gasteiger partial charge is 0.318 e. The quantitative estimate of drug-likeness (QED) is 0.388. The predicted molar refractivity (Wildman–Crippen MR) is 128 cm³/mol. The topological polar surface area (TPSA) is 127 Å². The summed E-state index contributed by atoms with van der Waals surface area (Å²) in [6.07, 6.45) is 1.58. The number of rotatable bonds is 7. The summed E-state index contributed by atoms with van der Waals surface area (Å²) >= 11 is 0.